The van der Waals surface area contributed by atoms with Crippen molar-refractivity contribution in [2.75, 3.05) is 0 Å². The first kappa shape index (κ1) is 14.3. The molecule has 2 aromatic rings. The average Bonchev–Trinajstić information content (AvgIpc) is 2.65. The molecule has 0 spiro atoms. The Kier molecular flexibility index (Phi) is 4.80. The van der Waals surface area contributed by atoms with Gasteiger partial charge in [0.25, 0.3) is 0 Å². The Labute approximate surface area is 122 Å². The third-order valence-electron chi connectivity index (χ3n) is 2.33. The summed E-state index contributed by atoms with van der Waals surface area (Å²) in [5.74, 6) is 0.0546. The summed E-state index contributed by atoms with van der Waals surface area (Å²) in [6.45, 7) is 3.46. The summed E-state index contributed by atoms with van der Waals surface area (Å²) in [5, 5.41) is 4.20. The molecule has 1 radical (unpaired) electrons. The number of hydrogen-bond acceptors (Lipinski definition) is 2. The van der Waals surface area contributed by atoms with E-state index < -0.39 is 0 Å². The zero-order valence-corrected chi connectivity index (χ0v) is 13.3. The van der Waals surface area contributed by atoms with E-state index in [1.165, 1.54) is 0 Å². The quantitative estimate of drug-likeness (QED) is 0.500. The molecule has 0 aliphatic heterocycles. The number of aromatic nitrogens is 2. The third-order valence-corrected chi connectivity index (χ3v) is 2.75. The number of ketones is 1. The molecule has 5 heteroatoms. The van der Waals surface area contributed by atoms with Crippen molar-refractivity contribution in [3.8, 4) is 5.69 Å². The molecule has 0 saturated heterocycles. The van der Waals surface area contributed by atoms with Crippen LogP contribution in [0.25, 0.3) is 5.69 Å². The summed E-state index contributed by atoms with van der Waals surface area (Å²) < 4.78 is 2.43. The van der Waals surface area contributed by atoms with Crippen LogP contribution in [0.5, 0.6) is 0 Å². The Morgan fingerprint density at radius 2 is 2.24 bits per heavy atom. The molecule has 1 aromatic carbocycles. The maximum atomic E-state index is 11.4. The zero-order chi connectivity index (χ0) is 11.7. The van der Waals surface area contributed by atoms with Crippen molar-refractivity contribution in [1.29, 1.82) is 0 Å². The third kappa shape index (κ3) is 3.12. The topological polar surface area (TPSA) is 34.9 Å². The maximum absolute atomic E-state index is 11.4. The first-order valence-electron chi connectivity index (χ1n) is 4.83. The number of halogens is 1. The van der Waals surface area contributed by atoms with Crippen LogP contribution in [0.2, 0.25) is 0 Å². The Bertz CT molecular complexity index is 551. The molecule has 0 unspecified atom stereocenters. The second-order valence-corrected chi connectivity index (χ2v) is 4.37. The van der Waals surface area contributed by atoms with Gasteiger partial charge in [0.15, 0.2) is 0 Å². The summed E-state index contributed by atoms with van der Waals surface area (Å²) in [5.41, 5.74) is 2.41. The van der Waals surface area contributed by atoms with E-state index in [4.69, 9.17) is 0 Å². The molecule has 0 amide bonds. The zero-order valence-electron chi connectivity index (χ0n) is 9.32. The predicted molar refractivity (Wildman–Crippen MR) is 64.8 cm³/mol. The number of aryl methyl sites for hydroxylation is 1. The minimum absolute atomic E-state index is 0. The molecule has 0 N–H and O–H groups in total. The normalized spacial score (nSPS) is 9.82. The molecule has 0 aliphatic carbocycles. The van der Waals surface area contributed by atoms with Gasteiger partial charge in [0.1, 0.15) is 10.4 Å². The first-order chi connectivity index (χ1) is 7.58. The fraction of sp³-hybridized carbons (Fsp3) is 0.167. The van der Waals surface area contributed by atoms with Crippen LogP contribution in [0.3, 0.4) is 0 Å². The Balaban J connectivity index is 0.00000144. The molecule has 2 rings (SSSR count). The molecule has 0 saturated carbocycles. The van der Waals surface area contributed by atoms with Crippen LogP contribution in [-0.4, -0.2) is 15.6 Å². The number of nitrogens with zero attached hydrogens (tertiary/aromatic N) is 2. The van der Waals surface area contributed by atoms with E-state index in [0.29, 0.717) is 5.56 Å². The van der Waals surface area contributed by atoms with Crippen LogP contribution < -0.4 is 0 Å². The standard InChI is InChI=1S/C12H10BrN2O.Ir/c1-8-3-4-10(7-11(8)9(2)16)15-6-5-12(13)14-15;/h3,5-7H,1-2H3;/q-1;. The van der Waals surface area contributed by atoms with Gasteiger partial charge in [0.05, 0.1) is 0 Å². The number of carbonyl (C=O) groups excluding carboxylic acids is 1. The van der Waals surface area contributed by atoms with Crippen LogP contribution in [-0.2, 0) is 20.1 Å². The van der Waals surface area contributed by atoms with Gasteiger partial charge in [-0.1, -0.05) is 12.5 Å². The Morgan fingerprint density at radius 1 is 1.53 bits per heavy atom. The average molecular weight is 470 g/mol. The van der Waals surface area contributed by atoms with Crippen molar-refractivity contribution in [1.82, 2.24) is 9.78 Å². The van der Waals surface area contributed by atoms with Gasteiger partial charge in [-0.2, -0.15) is 17.2 Å². The second-order valence-electron chi connectivity index (χ2n) is 3.55. The van der Waals surface area contributed by atoms with E-state index in [0.717, 1.165) is 15.9 Å². The van der Waals surface area contributed by atoms with E-state index in [-0.39, 0.29) is 25.9 Å². The van der Waals surface area contributed by atoms with E-state index in [2.05, 4.69) is 27.1 Å². The van der Waals surface area contributed by atoms with Gasteiger partial charge in [-0.25, -0.2) is 0 Å². The number of carbonyl (C=O) groups is 1. The van der Waals surface area contributed by atoms with Crippen molar-refractivity contribution >= 4 is 21.7 Å². The van der Waals surface area contributed by atoms with Crippen molar-refractivity contribution < 1.29 is 24.9 Å². The Morgan fingerprint density at radius 3 is 2.76 bits per heavy atom. The van der Waals surface area contributed by atoms with E-state index in [1.807, 2.05) is 25.3 Å². The minimum atomic E-state index is 0. The van der Waals surface area contributed by atoms with Gasteiger partial charge in [-0.05, 0) is 34.6 Å². The number of hydrogen-bond donors (Lipinski definition) is 0. The summed E-state index contributed by atoms with van der Waals surface area (Å²) >= 11 is 3.28. The summed E-state index contributed by atoms with van der Waals surface area (Å²) in [7, 11) is 0. The van der Waals surface area contributed by atoms with Gasteiger partial charge in [-0.15, -0.1) is 11.6 Å². The van der Waals surface area contributed by atoms with Crippen molar-refractivity contribution in [3.63, 3.8) is 0 Å². The van der Waals surface area contributed by atoms with Crippen LogP contribution in [0, 0.1) is 13.0 Å². The fourth-order valence-electron chi connectivity index (χ4n) is 1.50. The number of benzene rings is 1. The molecular weight excluding hydrogens is 460 g/mol. The minimum Gasteiger partial charge on any atom is -0.297 e. The second kappa shape index (κ2) is 5.71. The van der Waals surface area contributed by atoms with Gasteiger partial charge >= 0.3 is 0 Å². The summed E-state index contributed by atoms with van der Waals surface area (Å²) in [4.78, 5) is 11.4. The molecular formula is C12H10BrIrN2O-. The SMILES string of the molecule is CC(=O)c1cc(-n2ccc(Br)n2)[c-]cc1C.[Ir]. The summed E-state index contributed by atoms with van der Waals surface area (Å²) in [6.07, 6.45) is 1.81. The van der Waals surface area contributed by atoms with Gasteiger partial charge in [-0.3, -0.25) is 9.48 Å². The van der Waals surface area contributed by atoms with Crippen LogP contribution in [0.4, 0.5) is 0 Å². The molecule has 91 valence electrons. The first-order valence-corrected chi connectivity index (χ1v) is 5.62. The van der Waals surface area contributed by atoms with Crippen molar-refractivity contribution in [2.45, 2.75) is 13.8 Å². The van der Waals surface area contributed by atoms with Gasteiger partial charge in [0.2, 0.25) is 0 Å². The molecule has 3 nitrogen and oxygen atoms in total. The molecule has 1 heterocycles. The molecule has 0 atom stereocenters. The van der Waals surface area contributed by atoms with Crippen LogP contribution >= 0.6 is 15.9 Å². The van der Waals surface area contributed by atoms with Gasteiger partial charge < -0.3 is 0 Å². The van der Waals surface area contributed by atoms with E-state index in [1.54, 1.807) is 17.7 Å². The molecule has 1 aromatic heterocycles. The van der Waals surface area contributed by atoms with Crippen LogP contribution in [0.1, 0.15) is 22.8 Å². The molecule has 0 fully saturated rings. The maximum Gasteiger partial charge on any atom is 0.136 e. The number of rotatable bonds is 2. The molecule has 17 heavy (non-hydrogen) atoms. The van der Waals surface area contributed by atoms with Crippen molar-refractivity contribution in [3.05, 3.63) is 46.2 Å². The van der Waals surface area contributed by atoms with Crippen molar-refractivity contribution in [2.24, 2.45) is 0 Å². The van der Waals surface area contributed by atoms with Gasteiger partial charge in [0, 0.05) is 26.3 Å². The molecule has 0 bridgehead atoms. The van der Waals surface area contributed by atoms with E-state index in [9.17, 15) is 4.79 Å². The summed E-state index contributed by atoms with van der Waals surface area (Å²) in [6, 6.07) is 8.53. The smallest absolute Gasteiger partial charge is 0.136 e. The molecule has 0 aliphatic rings. The van der Waals surface area contributed by atoms with E-state index >= 15 is 0 Å². The monoisotopic (exact) mass is 470 g/mol. The predicted octanol–water partition coefficient (Wildman–Crippen LogP) is 2.94. The van der Waals surface area contributed by atoms with Crippen LogP contribution in [0.15, 0.2) is 29.0 Å². The fourth-order valence-corrected chi connectivity index (χ4v) is 1.79. The number of Topliss-reactive ketones (excluding diaryl/α,β-unsaturated/α-hetero) is 1. The Hall–Kier alpha value is -0.771. The largest absolute Gasteiger partial charge is 0.297 e.